The van der Waals surface area contributed by atoms with Crippen molar-refractivity contribution in [2.24, 2.45) is 0 Å². The van der Waals surface area contributed by atoms with Crippen LogP contribution in [0.2, 0.25) is 5.02 Å². The number of pyridine rings is 1. The van der Waals surface area contributed by atoms with Crippen LogP contribution in [0.3, 0.4) is 0 Å². The van der Waals surface area contributed by atoms with Gasteiger partial charge in [0.2, 0.25) is 5.91 Å². The third-order valence-electron chi connectivity index (χ3n) is 4.31. The second kappa shape index (κ2) is 8.94. The molecule has 0 saturated carbocycles. The van der Waals surface area contributed by atoms with E-state index in [9.17, 15) is 4.79 Å². The van der Waals surface area contributed by atoms with Crippen LogP contribution < -0.4 is 5.32 Å². The fourth-order valence-electron chi connectivity index (χ4n) is 2.89. The maximum atomic E-state index is 12.5. The lowest BCUT2D eigenvalue weighted by molar-refractivity contribution is -0.122. The first-order chi connectivity index (χ1) is 12.2. The number of rotatable bonds is 6. The van der Waals surface area contributed by atoms with Gasteiger partial charge < -0.3 is 10.1 Å². The lowest BCUT2D eigenvalue weighted by Crippen LogP contribution is -2.39. The average molecular weight is 360 g/mol. The predicted molar refractivity (Wildman–Crippen MR) is 97.6 cm³/mol. The maximum absolute atomic E-state index is 12.5. The summed E-state index contributed by atoms with van der Waals surface area (Å²) in [4.78, 5) is 18.8. The van der Waals surface area contributed by atoms with Crippen LogP contribution >= 0.6 is 11.6 Å². The number of hydrogen-bond acceptors (Lipinski definition) is 4. The van der Waals surface area contributed by atoms with Gasteiger partial charge in [-0.15, -0.1) is 0 Å². The van der Waals surface area contributed by atoms with Crippen LogP contribution in [0.1, 0.15) is 23.6 Å². The summed E-state index contributed by atoms with van der Waals surface area (Å²) in [7, 11) is 0. The van der Waals surface area contributed by atoms with Gasteiger partial charge in [0.05, 0.1) is 19.3 Å². The predicted octanol–water partition coefficient (Wildman–Crippen LogP) is 2.66. The molecule has 1 fully saturated rings. The lowest BCUT2D eigenvalue weighted by atomic mass is 9.99. The van der Waals surface area contributed by atoms with E-state index in [1.54, 1.807) is 12.4 Å². The smallest absolute Gasteiger partial charge is 0.222 e. The molecule has 1 saturated heterocycles. The van der Waals surface area contributed by atoms with Crippen molar-refractivity contribution in [2.45, 2.75) is 12.5 Å². The number of nitrogens with one attached hydrogen (secondary N) is 1. The highest BCUT2D eigenvalue weighted by Crippen LogP contribution is 2.23. The normalized spacial score (nSPS) is 16.4. The van der Waals surface area contributed by atoms with Gasteiger partial charge in [-0.1, -0.05) is 23.7 Å². The summed E-state index contributed by atoms with van der Waals surface area (Å²) in [6, 6.07) is 11.2. The molecule has 0 unspecified atom stereocenters. The Hall–Kier alpha value is -1.95. The van der Waals surface area contributed by atoms with Gasteiger partial charge in [-0.2, -0.15) is 0 Å². The first-order valence-corrected chi connectivity index (χ1v) is 8.85. The van der Waals surface area contributed by atoms with Crippen molar-refractivity contribution in [3.63, 3.8) is 0 Å². The molecule has 1 aromatic carbocycles. The zero-order chi connectivity index (χ0) is 17.5. The number of hydrogen-bond donors (Lipinski definition) is 1. The highest BCUT2D eigenvalue weighted by Gasteiger charge is 2.18. The van der Waals surface area contributed by atoms with Crippen molar-refractivity contribution in [1.29, 1.82) is 0 Å². The van der Waals surface area contributed by atoms with Crippen LogP contribution in [0.4, 0.5) is 0 Å². The molecule has 1 N–H and O–H groups in total. The van der Waals surface area contributed by atoms with Gasteiger partial charge >= 0.3 is 0 Å². The van der Waals surface area contributed by atoms with Crippen LogP contribution in [0.15, 0.2) is 48.8 Å². The van der Waals surface area contributed by atoms with Crippen LogP contribution in [0, 0.1) is 0 Å². The summed E-state index contributed by atoms with van der Waals surface area (Å²) in [5, 5.41) is 3.82. The third-order valence-corrected chi connectivity index (χ3v) is 4.56. The van der Waals surface area contributed by atoms with Crippen LogP contribution in [0.5, 0.6) is 0 Å². The molecule has 1 aliphatic rings. The van der Waals surface area contributed by atoms with Gasteiger partial charge in [0.15, 0.2) is 0 Å². The molecule has 1 amide bonds. The summed E-state index contributed by atoms with van der Waals surface area (Å²) in [6.07, 6.45) is 3.94. The first-order valence-electron chi connectivity index (χ1n) is 8.47. The topological polar surface area (TPSA) is 54.5 Å². The van der Waals surface area contributed by atoms with Gasteiger partial charge in [-0.25, -0.2) is 0 Å². The molecule has 1 aromatic heterocycles. The van der Waals surface area contributed by atoms with Gasteiger partial charge in [0.25, 0.3) is 0 Å². The fraction of sp³-hybridized carbons (Fsp3) is 0.368. The Morgan fingerprint density at radius 3 is 2.44 bits per heavy atom. The molecule has 0 aliphatic carbocycles. The molecular weight excluding hydrogens is 338 g/mol. The molecule has 132 valence electrons. The standard InChI is InChI=1S/C19H22ClN3O2/c20-17-3-1-15(2-4-17)19(16-5-8-21-9-6-16)22-18(24)7-10-23-11-13-25-14-12-23/h1-6,8-9,19H,7,10-14H2,(H,22,24)/t19-/m1/s1. The molecule has 2 aromatic rings. The van der Waals surface area contributed by atoms with E-state index >= 15 is 0 Å². The Balaban J connectivity index is 1.66. The van der Waals surface area contributed by atoms with Crippen molar-refractivity contribution < 1.29 is 9.53 Å². The Bertz CT molecular complexity index is 673. The second-order valence-corrected chi connectivity index (χ2v) is 6.47. The number of carbonyl (C=O) groups excluding carboxylic acids is 1. The summed E-state index contributed by atoms with van der Waals surface area (Å²) in [5.41, 5.74) is 1.99. The van der Waals surface area contributed by atoms with Crippen LogP contribution in [-0.4, -0.2) is 48.6 Å². The number of carbonyl (C=O) groups is 1. The van der Waals surface area contributed by atoms with Gasteiger partial charge in [0.1, 0.15) is 0 Å². The molecule has 3 rings (SSSR count). The van der Waals surface area contributed by atoms with Gasteiger partial charge in [0, 0.05) is 43.5 Å². The molecule has 1 atom stereocenters. The molecule has 0 bridgehead atoms. The van der Waals surface area contributed by atoms with Crippen LogP contribution in [0.25, 0.3) is 0 Å². The van der Waals surface area contributed by atoms with E-state index in [1.165, 1.54) is 0 Å². The molecule has 0 radical (unpaired) electrons. The minimum atomic E-state index is -0.211. The zero-order valence-corrected chi connectivity index (χ0v) is 14.8. The summed E-state index contributed by atoms with van der Waals surface area (Å²) < 4.78 is 5.34. The Labute approximate surface area is 153 Å². The number of amides is 1. The number of benzene rings is 1. The Morgan fingerprint density at radius 1 is 1.12 bits per heavy atom. The molecule has 25 heavy (non-hydrogen) atoms. The van der Waals surface area contributed by atoms with E-state index in [0.29, 0.717) is 11.4 Å². The number of ether oxygens (including phenoxy) is 1. The van der Waals surface area contributed by atoms with Gasteiger partial charge in [-0.05, 0) is 35.4 Å². The fourth-order valence-corrected chi connectivity index (χ4v) is 3.01. The Morgan fingerprint density at radius 2 is 1.76 bits per heavy atom. The van der Waals surface area contributed by atoms with Crippen molar-refractivity contribution >= 4 is 17.5 Å². The van der Waals surface area contributed by atoms with E-state index in [2.05, 4.69) is 15.2 Å². The van der Waals surface area contributed by atoms with Crippen LogP contribution in [-0.2, 0) is 9.53 Å². The third kappa shape index (κ3) is 5.26. The van der Waals surface area contributed by atoms with E-state index in [0.717, 1.165) is 44.0 Å². The number of halogens is 1. The summed E-state index contributed by atoms with van der Waals surface area (Å²) in [6.45, 7) is 4.01. The average Bonchev–Trinajstić information content (AvgIpc) is 2.67. The highest BCUT2D eigenvalue weighted by molar-refractivity contribution is 6.30. The first kappa shape index (κ1) is 17.9. The molecular formula is C19H22ClN3O2. The zero-order valence-electron chi connectivity index (χ0n) is 14.0. The summed E-state index contributed by atoms with van der Waals surface area (Å²) in [5.74, 6) is 0.0308. The number of morpholine rings is 1. The quantitative estimate of drug-likeness (QED) is 0.861. The second-order valence-electron chi connectivity index (χ2n) is 6.04. The number of aromatic nitrogens is 1. The lowest BCUT2D eigenvalue weighted by Gasteiger charge is -2.26. The van der Waals surface area contributed by atoms with E-state index in [4.69, 9.17) is 16.3 Å². The van der Waals surface area contributed by atoms with E-state index in [1.807, 2.05) is 36.4 Å². The number of nitrogens with zero attached hydrogens (tertiary/aromatic N) is 2. The highest BCUT2D eigenvalue weighted by atomic mass is 35.5. The molecule has 0 spiro atoms. The SMILES string of the molecule is O=C(CCN1CCOCC1)N[C@@H](c1ccncc1)c1ccc(Cl)cc1. The monoisotopic (exact) mass is 359 g/mol. The minimum absolute atomic E-state index is 0.0308. The summed E-state index contributed by atoms with van der Waals surface area (Å²) >= 11 is 5.99. The largest absolute Gasteiger partial charge is 0.379 e. The van der Waals surface area contributed by atoms with Crippen molar-refractivity contribution in [1.82, 2.24) is 15.2 Å². The van der Waals surface area contributed by atoms with Gasteiger partial charge in [-0.3, -0.25) is 14.7 Å². The molecule has 5 nitrogen and oxygen atoms in total. The molecule has 2 heterocycles. The molecule has 6 heteroatoms. The van der Waals surface area contributed by atoms with E-state index in [-0.39, 0.29) is 11.9 Å². The van der Waals surface area contributed by atoms with E-state index < -0.39 is 0 Å². The van der Waals surface area contributed by atoms with Crippen molar-refractivity contribution in [2.75, 3.05) is 32.8 Å². The van der Waals surface area contributed by atoms with Crippen molar-refractivity contribution in [3.8, 4) is 0 Å². The maximum Gasteiger partial charge on any atom is 0.222 e. The molecule has 1 aliphatic heterocycles. The minimum Gasteiger partial charge on any atom is -0.379 e. The van der Waals surface area contributed by atoms with Crippen molar-refractivity contribution in [3.05, 3.63) is 64.9 Å². The Kier molecular flexibility index (Phi) is 6.39.